The van der Waals surface area contributed by atoms with Crippen LogP contribution in [0.5, 0.6) is 0 Å². The summed E-state index contributed by atoms with van der Waals surface area (Å²) in [6.07, 6.45) is 0. The molecule has 1 unspecified atom stereocenters. The highest BCUT2D eigenvalue weighted by molar-refractivity contribution is 5.81. The van der Waals surface area contributed by atoms with Crippen LogP contribution in [-0.2, 0) is 19.7 Å². The van der Waals surface area contributed by atoms with E-state index in [0.717, 1.165) is 0 Å². The summed E-state index contributed by atoms with van der Waals surface area (Å²) >= 11 is 0. The molecule has 0 heterocycles. The van der Waals surface area contributed by atoms with Gasteiger partial charge in [-0.1, -0.05) is 30.3 Å². The molecule has 0 fully saturated rings. The van der Waals surface area contributed by atoms with Gasteiger partial charge < -0.3 is 15.6 Å². The summed E-state index contributed by atoms with van der Waals surface area (Å²) in [7, 11) is 0. The first kappa shape index (κ1) is 13.2. The molecule has 1 aromatic rings. The van der Waals surface area contributed by atoms with E-state index in [-0.39, 0.29) is 13.2 Å². The second kappa shape index (κ2) is 5.45. The number of benzene rings is 1. The second-order valence-corrected chi connectivity index (χ2v) is 3.87. The smallest absolute Gasteiger partial charge is 0.319 e. The van der Waals surface area contributed by atoms with E-state index in [4.69, 9.17) is 10.5 Å². The molecule has 0 aliphatic heterocycles. The lowest BCUT2D eigenvalue weighted by Gasteiger charge is -2.24. The van der Waals surface area contributed by atoms with Crippen molar-refractivity contribution in [2.75, 3.05) is 13.2 Å². The van der Waals surface area contributed by atoms with Gasteiger partial charge in [0.05, 0.1) is 6.54 Å². The van der Waals surface area contributed by atoms with E-state index < -0.39 is 17.4 Å². The lowest BCUT2D eigenvalue weighted by atomic mass is 9.83. The number of aliphatic carboxylic acids is 1. The van der Waals surface area contributed by atoms with Gasteiger partial charge in [0.2, 0.25) is 0 Å². The maximum Gasteiger partial charge on any atom is 0.319 e. The van der Waals surface area contributed by atoms with E-state index in [9.17, 15) is 14.7 Å². The molecule has 3 N–H and O–H groups in total. The summed E-state index contributed by atoms with van der Waals surface area (Å²) in [6.45, 7) is 1.02. The van der Waals surface area contributed by atoms with E-state index in [2.05, 4.69) is 0 Å². The Bertz CT molecular complexity index is 404. The summed E-state index contributed by atoms with van der Waals surface area (Å²) < 4.78 is 4.83. The summed E-state index contributed by atoms with van der Waals surface area (Å²) in [6, 6.07) is 8.63. The standard InChI is InChI=1S/C12H15NO4/c1-12(11(15)16,8-17-10(14)7-13)9-5-3-2-4-6-9/h2-6H,7-8,13H2,1H3,(H,15,16). The third kappa shape index (κ3) is 3.04. The number of carboxylic acids is 1. The Morgan fingerprint density at radius 2 is 1.94 bits per heavy atom. The van der Waals surface area contributed by atoms with Crippen LogP contribution in [-0.4, -0.2) is 30.2 Å². The Morgan fingerprint density at radius 3 is 2.41 bits per heavy atom. The van der Waals surface area contributed by atoms with Crippen LogP contribution in [0.4, 0.5) is 0 Å². The molecule has 0 saturated heterocycles. The fourth-order valence-corrected chi connectivity index (χ4v) is 1.36. The van der Waals surface area contributed by atoms with Crippen LogP contribution in [0.15, 0.2) is 30.3 Å². The highest BCUT2D eigenvalue weighted by Gasteiger charge is 2.36. The van der Waals surface area contributed by atoms with Gasteiger partial charge in [0.25, 0.3) is 0 Å². The number of hydrogen-bond acceptors (Lipinski definition) is 4. The number of carbonyl (C=O) groups is 2. The van der Waals surface area contributed by atoms with E-state index in [1.807, 2.05) is 0 Å². The molecule has 0 aromatic heterocycles. The molecule has 0 aliphatic rings. The maximum absolute atomic E-state index is 11.3. The van der Waals surface area contributed by atoms with Crippen LogP contribution >= 0.6 is 0 Å². The fraction of sp³-hybridized carbons (Fsp3) is 0.333. The van der Waals surface area contributed by atoms with Crippen molar-refractivity contribution in [1.29, 1.82) is 0 Å². The topological polar surface area (TPSA) is 89.6 Å². The molecule has 5 nitrogen and oxygen atoms in total. The third-order valence-corrected chi connectivity index (χ3v) is 2.57. The number of rotatable bonds is 5. The van der Waals surface area contributed by atoms with E-state index in [0.29, 0.717) is 5.56 Å². The van der Waals surface area contributed by atoms with Crippen LogP contribution in [0.3, 0.4) is 0 Å². The minimum atomic E-state index is -1.26. The molecular formula is C12H15NO4. The zero-order chi connectivity index (χ0) is 12.9. The van der Waals surface area contributed by atoms with Gasteiger partial charge in [-0.05, 0) is 12.5 Å². The van der Waals surface area contributed by atoms with Gasteiger partial charge in [0.15, 0.2) is 0 Å². The van der Waals surface area contributed by atoms with Gasteiger partial charge in [-0.25, -0.2) is 0 Å². The zero-order valence-electron chi connectivity index (χ0n) is 9.55. The Hall–Kier alpha value is -1.88. The molecule has 0 spiro atoms. The van der Waals surface area contributed by atoms with Crippen molar-refractivity contribution >= 4 is 11.9 Å². The van der Waals surface area contributed by atoms with Gasteiger partial charge in [-0.3, -0.25) is 9.59 Å². The van der Waals surface area contributed by atoms with Gasteiger partial charge in [-0.2, -0.15) is 0 Å². The van der Waals surface area contributed by atoms with Crippen LogP contribution in [0.1, 0.15) is 12.5 Å². The van der Waals surface area contributed by atoms with Gasteiger partial charge in [0.1, 0.15) is 12.0 Å². The third-order valence-electron chi connectivity index (χ3n) is 2.57. The maximum atomic E-state index is 11.3. The van der Waals surface area contributed by atoms with Crippen molar-refractivity contribution in [2.24, 2.45) is 5.73 Å². The largest absolute Gasteiger partial charge is 0.480 e. The molecule has 0 radical (unpaired) electrons. The molecule has 1 aromatic carbocycles. The van der Waals surface area contributed by atoms with Crippen LogP contribution < -0.4 is 5.73 Å². The Balaban J connectivity index is 2.91. The van der Waals surface area contributed by atoms with Crippen LogP contribution in [0.25, 0.3) is 0 Å². The Morgan fingerprint density at radius 1 is 1.35 bits per heavy atom. The molecular weight excluding hydrogens is 222 g/mol. The molecule has 0 aliphatic carbocycles. The Kier molecular flexibility index (Phi) is 4.23. The van der Waals surface area contributed by atoms with E-state index in [1.165, 1.54) is 6.92 Å². The number of ether oxygens (including phenoxy) is 1. The van der Waals surface area contributed by atoms with Crippen molar-refractivity contribution in [3.63, 3.8) is 0 Å². The van der Waals surface area contributed by atoms with Crippen molar-refractivity contribution in [3.8, 4) is 0 Å². The summed E-state index contributed by atoms with van der Waals surface area (Å²) in [5.41, 5.74) is 4.42. The van der Waals surface area contributed by atoms with E-state index in [1.54, 1.807) is 30.3 Å². The van der Waals surface area contributed by atoms with Crippen LogP contribution in [0.2, 0.25) is 0 Å². The average molecular weight is 237 g/mol. The molecule has 1 atom stereocenters. The van der Waals surface area contributed by atoms with Crippen molar-refractivity contribution < 1.29 is 19.4 Å². The molecule has 0 amide bonds. The molecule has 92 valence electrons. The summed E-state index contributed by atoms with van der Waals surface area (Å²) in [5.74, 6) is -1.66. The number of carbonyl (C=O) groups excluding carboxylic acids is 1. The SMILES string of the molecule is CC(COC(=O)CN)(C(=O)O)c1ccccc1. The highest BCUT2D eigenvalue weighted by Crippen LogP contribution is 2.24. The van der Waals surface area contributed by atoms with Crippen LogP contribution in [0, 0.1) is 0 Å². The average Bonchev–Trinajstić information content (AvgIpc) is 2.36. The lowest BCUT2D eigenvalue weighted by Crippen LogP contribution is -2.39. The summed E-state index contributed by atoms with van der Waals surface area (Å²) in [5, 5.41) is 9.25. The minimum Gasteiger partial charge on any atom is -0.480 e. The first-order chi connectivity index (χ1) is 8.00. The molecule has 5 heteroatoms. The van der Waals surface area contributed by atoms with E-state index >= 15 is 0 Å². The predicted molar refractivity (Wildman–Crippen MR) is 61.4 cm³/mol. The molecule has 1 rings (SSSR count). The number of hydrogen-bond donors (Lipinski definition) is 2. The fourth-order valence-electron chi connectivity index (χ4n) is 1.36. The second-order valence-electron chi connectivity index (χ2n) is 3.87. The predicted octanol–water partition coefficient (Wildman–Crippen LogP) is 0.531. The van der Waals surface area contributed by atoms with Gasteiger partial charge >= 0.3 is 11.9 Å². The molecule has 17 heavy (non-hydrogen) atoms. The zero-order valence-corrected chi connectivity index (χ0v) is 9.55. The monoisotopic (exact) mass is 237 g/mol. The molecule has 0 saturated carbocycles. The number of esters is 1. The minimum absolute atomic E-state index is 0.234. The lowest BCUT2D eigenvalue weighted by molar-refractivity contribution is -0.151. The number of carboxylic acid groups (broad SMARTS) is 1. The first-order valence-corrected chi connectivity index (χ1v) is 5.15. The van der Waals surface area contributed by atoms with Gasteiger partial charge in [0, 0.05) is 0 Å². The Labute approximate surface area is 99.2 Å². The summed E-state index contributed by atoms with van der Waals surface area (Å²) in [4.78, 5) is 22.3. The first-order valence-electron chi connectivity index (χ1n) is 5.15. The molecule has 0 bridgehead atoms. The van der Waals surface area contributed by atoms with Gasteiger partial charge in [-0.15, -0.1) is 0 Å². The van der Waals surface area contributed by atoms with Crippen molar-refractivity contribution in [3.05, 3.63) is 35.9 Å². The number of nitrogens with two attached hydrogens (primary N) is 1. The quantitative estimate of drug-likeness (QED) is 0.729. The van der Waals surface area contributed by atoms with Crippen molar-refractivity contribution in [1.82, 2.24) is 0 Å². The normalized spacial score (nSPS) is 13.8. The highest BCUT2D eigenvalue weighted by atomic mass is 16.5. The van der Waals surface area contributed by atoms with Crippen molar-refractivity contribution in [2.45, 2.75) is 12.3 Å².